The second-order valence-corrected chi connectivity index (χ2v) is 7.99. The molecule has 1 aromatic rings. The normalized spacial score (nSPS) is 15.7. The fraction of sp³-hybridized carbons (Fsp3) is 0.650. The van der Waals surface area contributed by atoms with Crippen molar-refractivity contribution in [2.75, 3.05) is 6.61 Å². The van der Waals surface area contributed by atoms with Gasteiger partial charge in [0.1, 0.15) is 12.4 Å². The third-order valence-corrected chi connectivity index (χ3v) is 3.97. The second-order valence-electron chi connectivity index (χ2n) is 7.99. The lowest BCUT2D eigenvalue weighted by atomic mass is 9.89. The van der Waals surface area contributed by atoms with Gasteiger partial charge in [0.15, 0.2) is 5.90 Å². The summed E-state index contributed by atoms with van der Waals surface area (Å²) in [5.74, 6) is 1.62. The maximum Gasteiger partial charge on any atom is 0.188 e. The van der Waals surface area contributed by atoms with E-state index in [1.807, 2.05) is 32.0 Å². The van der Waals surface area contributed by atoms with Crippen LogP contribution in [0.15, 0.2) is 23.2 Å². The zero-order chi connectivity index (χ0) is 17.7. The van der Waals surface area contributed by atoms with Gasteiger partial charge in [0.25, 0.3) is 0 Å². The van der Waals surface area contributed by atoms with Crippen LogP contribution in [0.5, 0.6) is 5.75 Å². The molecule has 4 heteroatoms. The number of fused-ring (bicyclic) bond motifs is 1. The molecular weight excluding hydrogens is 302 g/mol. The molecule has 24 heavy (non-hydrogen) atoms. The fourth-order valence-electron chi connectivity index (χ4n) is 2.69. The molecular formula is C20H31NO3. The van der Waals surface area contributed by atoms with Crippen molar-refractivity contribution in [1.82, 2.24) is 0 Å². The van der Waals surface area contributed by atoms with Crippen molar-refractivity contribution >= 4 is 11.6 Å². The third kappa shape index (κ3) is 5.82. The Morgan fingerprint density at radius 2 is 1.96 bits per heavy atom. The Morgan fingerprint density at radius 3 is 2.62 bits per heavy atom. The monoisotopic (exact) mass is 333 g/mol. The zero-order valence-corrected chi connectivity index (χ0v) is 15.6. The molecule has 0 fully saturated rings. The Hall–Kier alpha value is -1.55. The van der Waals surface area contributed by atoms with E-state index in [-0.39, 0.29) is 11.5 Å². The van der Waals surface area contributed by atoms with Gasteiger partial charge in [0.2, 0.25) is 0 Å². The van der Waals surface area contributed by atoms with Crippen LogP contribution in [-0.2, 0) is 11.2 Å². The quantitative estimate of drug-likeness (QED) is 0.824. The van der Waals surface area contributed by atoms with E-state index in [0.29, 0.717) is 6.61 Å². The van der Waals surface area contributed by atoms with Crippen LogP contribution >= 0.6 is 0 Å². The first-order valence-corrected chi connectivity index (χ1v) is 8.91. The van der Waals surface area contributed by atoms with Crippen LogP contribution in [0.2, 0.25) is 0 Å². The predicted molar refractivity (Wildman–Crippen MR) is 98.3 cm³/mol. The lowest BCUT2D eigenvalue weighted by Crippen LogP contribution is -2.21. The summed E-state index contributed by atoms with van der Waals surface area (Å²) < 4.78 is 11.6. The van der Waals surface area contributed by atoms with Crippen LogP contribution < -0.4 is 4.74 Å². The molecule has 0 aromatic heterocycles. The summed E-state index contributed by atoms with van der Waals surface area (Å²) >= 11 is 0. The number of benzene rings is 1. The summed E-state index contributed by atoms with van der Waals surface area (Å²) in [6, 6.07) is 5.89. The molecule has 1 aromatic carbocycles. The minimum Gasteiger partial charge on any atom is -0.491 e. The third-order valence-electron chi connectivity index (χ3n) is 3.97. The summed E-state index contributed by atoms with van der Waals surface area (Å²) in [5.41, 5.74) is 2.25. The van der Waals surface area contributed by atoms with Crippen molar-refractivity contribution in [1.29, 1.82) is 0 Å². The number of aliphatic hydroxyl groups excluding tert-OH is 1. The molecule has 1 atom stereocenters. The van der Waals surface area contributed by atoms with Crippen LogP contribution in [0, 0.1) is 5.41 Å². The highest BCUT2D eigenvalue weighted by molar-refractivity contribution is 5.83. The molecule has 0 saturated carbocycles. The summed E-state index contributed by atoms with van der Waals surface area (Å²) in [6.07, 6.45) is 3.08. The van der Waals surface area contributed by atoms with Gasteiger partial charge in [-0.25, -0.2) is 4.99 Å². The van der Waals surface area contributed by atoms with Gasteiger partial charge >= 0.3 is 0 Å². The van der Waals surface area contributed by atoms with E-state index in [2.05, 4.69) is 25.8 Å². The van der Waals surface area contributed by atoms with Gasteiger partial charge in [-0.2, -0.15) is 0 Å². The van der Waals surface area contributed by atoms with E-state index in [1.165, 1.54) is 0 Å². The smallest absolute Gasteiger partial charge is 0.188 e. The molecule has 2 rings (SSSR count). The maximum atomic E-state index is 10.1. The second kappa shape index (κ2) is 8.02. The Balaban J connectivity index is 1.97. The summed E-state index contributed by atoms with van der Waals surface area (Å²) in [4.78, 5) is 4.59. The van der Waals surface area contributed by atoms with Crippen LogP contribution in [0.1, 0.15) is 59.4 Å². The number of rotatable bonds is 6. The standard InChI is InChI=1S/C20H31NO3/c1-14(2)24-19-10-9-16-17(21-19)7-6-8-18(16)23-13-15(22)11-12-20(3,4)5/h6-8,14-15,22H,9-13H2,1-5H3. The van der Waals surface area contributed by atoms with E-state index < -0.39 is 6.10 Å². The first-order chi connectivity index (χ1) is 11.2. The van der Waals surface area contributed by atoms with Crippen LogP contribution in [0.4, 0.5) is 5.69 Å². The largest absolute Gasteiger partial charge is 0.491 e. The molecule has 1 heterocycles. The van der Waals surface area contributed by atoms with Gasteiger partial charge in [-0.15, -0.1) is 0 Å². The summed E-state index contributed by atoms with van der Waals surface area (Å²) in [6.45, 7) is 10.9. The van der Waals surface area contributed by atoms with Gasteiger partial charge in [-0.3, -0.25) is 0 Å². The Morgan fingerprint density at radius 1 is 1.21 bits per heavy atom. The number of hydrogen-bond acceptors (Lipinski definition) is 4. The van der Waals surface area contributed by atoms with Gasteiger partial charge in [-0.1, -0.05) is 26.8 Å². The molecule has 1 unspecified atom stereocenters. The van der Waals surface area contributed by atoms with Crippen molar-refractivity contribution in [3.8, 4) is 5.75 Å². The van der Waals surface area contributed by atoms with Crippen molar-refractivity contribution in [3.05, 3.63) is 23.8 Å². The minimum absolute atomic E-state index is 0.141. The van der Waals surface area contributed by atoms with Gasteiger partial charge in [0, 0.05) is 12.0 Å². The van der Waals surface area contributed by atoms with Crippen LogP contribution in [-0.4, -0.2) is 29.8 Å². The molecule has 0 aliphatic carbocycles. The van der Waals surface area contributed by atoms with Gasteiger partial charge < -0.3 is 14.6 Å². The molecule has 0 bridgehead atoms. The molecule has 134 valence electrons. The molecule has 4 nitrogen and oxygen atoms in total. The van der Waals surface area contributed by atoms with Crippen molar-refractivity contribution < 1.29 is 14.6 Å². The lowest BCUT2D eigenvalue weighted by molar-refractivity contribution is 0.0885. The van der Waals surface area contributed by atoms with E-state index in [1.54, 1.807) is 0 Å². The Kier molecular flexibility index (Phi) is 6.27. The molecule has 0 saturated heterocycles. The Labute approximate surface area is 145 Å². The van der Waals surface area contributed by atoms with E-state index in [4.69, 9.17) is 9.47 Å². The molecule has 0 amide bonds. The highest BCUT2D eigenvalue weighted by atomic mass is 16.5. The highest BCUT2D eigenvalue weighted by Gasteiger charge is 2.19. The van der Waals surface area contributed by atoms with E-state index in [9.17, 15) is 5.11 Å². The molecule has 1 N–H and O–H groups in total. The van der Waals surface area contributed by atoms with E-state index in [0.717, 1.165) is 48.6 Å². The molecule has 0 radical (unpaired) electrons. The first-order valence-electron chi connectivity index (χ1n) is 8.91. The first kappa shape index (κ1) is 18.8. The molecule has 1 aliphatic heterocycles. The maximum absolute atomic E-state index is 10.1. The van der Waals surface area contributed by atoms with Crippen molar-refractivity contribution in [3.63, 3.8) is 0 Å². The number of ether oxygens (including phenoxy) is 2. The number of aliphatic imine (C=N–C) groups is 1. The minimum atomic E-state index is -0.438. The van der Waals surface area contributed by atoms with Gasteiger partial charge in [0.05, 0.1) is 17.9 Å². The van der Waals surface area contributed by atoms with Crippen LogP contribution in [0.25, 0.3) is 0 Å². The molecule has 1 aliphatic rings. The number of aliphatic hydroxyl groups is 1. The average molecular weight is 333 g/mol. The van der Waals surface area contributed by atoms with Crippen molar-refractivity contribution in [2.45, 2.75) is 72.5 Å². The van der Waals surface area contributed by atoms with E-state index >= 15 is 0 Å². The summed E-state index contributed by atoms with van der Waals surface area (Å²) in [5, 5.41) is 10.1. The SMILES string of the molecule is CC(C)OC1=Nc2cccc(OCC(O)CCC(C)(C)C)c2CC1. The predicted octanol–water partition coefficient (Wildman–Crippen LogP) is 4.65. The fourth-order valence-corrected chi connectivity index (χ4v) is 2.69. The van der Waals surface area contributed by atoms with Gasteiger partial charge in [-0.05, 0) is 50.7 Å². The highest BCUT2D eigenvalue weighted by Crippen LogP contribution is 2.34. The number of nitrogens with zero attached hydrogens (tertiary/aromatic N) is 1. The Bertz CT molecular complexity index is 573. The van der Waals surface area contributed by atoms with Crippen molar-refractivity contribution in [2.24, 2.45) is 10.4 Å². The number of hydrogen-bond donors (Lipinski definition) is 1. The lowest BCUT2D eigenvalue weighted by Gasteiger charge is -2.22. The van der Waals surface area contributed by atoms with Crippen LogP contribution in [0.3, 0.4) is 0 Å². The average Bonchev–Trinajstić information content (AvgIpc) is 2.49. The summed E-state index contributed by atoms with van der Waals surface area (Å²) in [7, 11) is 0. The molecule has 0 spiro atoms. The topological polar surface area (TPSA) is 51.0 Å². The zero-order valence-electron chi connectivity index (χ0n) is 15.6.